The molecule has 0 aliphatic rings. The minimum Gasteiger partial charge on any atom is -0.496 e. The van der Waals surface area contributed by atoms with E-state index in [4.69, 9.17) is 15.9 Å². The molecule has 1 aromatic heterocycles. The van der Waals surface area contributed by atoms with Crippen LogP contribution >= 0.6 is 11.3 Å². The molecule has 4 nitrogen and oxygen atoms in total. The molecule has 0 amide bonds. The zero-order valence-electron chi connectivity index (χ0n) is 11.9. The number of para-hydroxylation sites is 1. The van der Waals surface area contributed by atoms with Crippen LogP contribution in [0.1, 0.15) is 40.9 Å². The van der Waals surface area contributed by atoms with E-state index in [1.165, 1.54) is 11.3 Å². The summed E-state index contributed by atoms with van der Waals surface area (Å²) in [7, 11) is 1.67. The highest BCUT2D eigenvalue weighted by molar-refractivity contribution is 7.13. The molecule has 5 heteroatoms. The van der Waals surface area contributed by atoms with Gasteiger partial charge in [-0.05, 0) is 12.0 Å². The summed E-state index contributed by atoms with van der Waals surface area (Å²) < 4.78 is 5.36. The maximum absolute atomic E-state index is 7.66. The summed E-state index contributed by atoms with van der Waals surface area (Å²) in [6, 6.07) is 7.91. The lowest BCUT2D eigenvalue weighted by molar-refractivity contribution is 0.410. The second kappa shape index (κ2) is 6.05. The van der Waals surface area contributed by atoms with Crippen LogP contribution in [0.15, 0.2) is 24.3 Å². The number of thiazole rings is 1. The van der Waals surface area contributed by atoms with Crippen LogP contribution in [0.2, 0.25) is 0 Å². The number of nitrogens with two attached hydrogens (primary N) is 1. The SMILES string of the molecule is COc1ccccc1Cc1nc(C(C)C)c(C(=N)N)s1. The first-order valence-corrected chi connectivity index (χ1v) is 7.30. The minimum absolute atomic E-state index is 0.0949. The van der Waals surface area contributed by atoms with Gasteiger partial charge < -0.3 is 10.5 Å². The lowest BCUT2D eigenvalue weighted by Crippen LogP contribution is -2.12. The van der Waals surface area contributed by atoms with E-state index in [9.17, 15) is 0 Å². The van der Waals surface area contributed by atoms with Crippen molar-refractivity contribution in [2.45, 2.75) is 26.2 Å². The standard InChI is InChI=1S/C15H19N3OS/c1-9(2)13-14(15(16)17)20-12(18-13)8-10-6-4-5-7-11(10)19-3/h4-7,9H,8H2,1-3H3,(H3,16,17). The lowest BCUT2D eigenvalue weighted by Gasteiger charge is -2.06. The average molecular weight is 289 g/mol. The van der Waals surface area contributed by atoms with Crippen molar-refractivity contribution >= 4 is 17.2 Å². The summed E-state index contributed by atoms with van der Waals surface area (Å²) in [5, 5.41) is 8.63. The number of hydrogen-bond donors (Lipinski definition) is 2. The largest absolute Gasteiger partial charge is 0.496 e. The first-order valence-electron chi connectivity index (χ1n) is 6.48. The summed E-state index contributed by atoms with van der Waals surface area (Å²) in [6.07, 6.45) is 0.696. The number of nitrogens with one attached hydrogen (secondary N) is 1. The number of hydrogen-bond acceptors (Lipinski definition) is 4. The van der Waals surface area contributed by atoms with Gasteiger partial charge in [0.2, 0.25) is 0 Å². The number of amidine groups is 1. The molecule has 106 valence electrons. The zero-order valence-corrected chi connectivity index (χ0v) is 12.8. The third kappa shape index (κ3) is 2.99. The molecule has 0 aliphatic carbocycles. The maximum Gasteiger partial charge on any atom is 0.135 e. The van der Waals surface area contributed by atoms with Gasteiger partial charge in [-0.3, -0.25) is 5.41 Å². The second-order valence-electron chi connectivity index (χ2n) is 4.88. The molecule has 0 fully saturated rings. The van der Waals surface area contributed by atoms with Gasteiger partial charge in [-0.1, -0.05) is 32.0 Å². The van der Waals surface area contributed by atoms with E-state index in [0.717, 1.165) is 26.9 Å². The summed E-state index contributed by atoms with van der Waals surface area (Å²) in [6.45, 7) is 4.13. The molecular weight excluding hydrogens is 270 g/mol. The zero-order chi connectivity index (χ0) is 14.7. The Kier molecular flexibility index (Phi) is 4.39. The Morgan fingerprint density at radius 1 is 1.40 bits per heavy atom. The predicted molar refractivity (Wildman–Crippen MR) is 83.0 cm³/mol. The van der Waals surface area contributed by atoms with Crippen molar-refractivity contribution in [2.75, 3.05) is 7.11 Å². The van der Waals surface area contributed by atoms with Crippen LogP contribution in [0.25, 0.3) is 0 Å². The van der Waals surface area contributed by atoms with E-state index in [0.29, 0.717) is 6.42 Å². The number of benzene rings is 1. The Labute approximate surface area is 123 Å². The normalized spacial score (nSPS) is 10.8. The average Bonchev–Trinajstić information content (AvgIpc) is 2.84. The third-order valence-corrected chi connectivity index (χ3v) is 4.13. The Hall–Kier alpha value is -1.88. The van der Waals surface area contributed by atoms with Gasteiger partial charge in [0, 0.05) is 12.0 Å². The van der Waals surface area contributed by atoms with E-state index in [1.54, 1.807) is 7.11 Å². The van der Waals surface area contributed by atoms with E-state index in [1.807, 2.05) is 24.3 Å². The lowest BCUT2D eigenvalue weighted by atomic mass is 10.1. The van der Waals surface area contributed by atoms with E-state index < -0.39 is 0 Å². The van der Waals surface area contributed by atoms with Gasteiger partial charge in [-0.25, -0.2) is 4.98 Å². The molecule has 0 saturated carbocycles. The molecule has 0 aliphatic heterocycles. The molecule has 1 aromatic carbocycles. The highest BCUT2D eigenvalue weighted by Gasteiger charge is 2.17. The molecule has 3 N–H and O–H groups in total. The van der Waals surface area contributed by atoms with Crippen molar-refractivity contribution in [3.05, 3.63) is 45.4 Å². The van der Waals surface area contributed by atoms with E-state index in [2.05, 4.69) is 18.8 Å². The van der Waals surface area contributed by atoms with Gasteiger partial charge >= 0.3 is 0 Å². The fourth-order valence-corrected chi connectivity index (χ4v) is 3.15. The first-order chi connectivity index (χ1) is 9.52. The fraction of sp³-hybridized carbons (Fsp3) is 0.333. The smallest absolute Gasteiger partial charge is 0.135 e. The highest BCUT2D eigenvalue weighted by Crippen LogP contribution is 2.28. The number of methoxy groups -OCH3 is 1. The predicted octanol–water partition coefficient (Wildman–Crippen LogP) is 3.15. The van der Waals surface area contributed by atoms with Gasteiger partial charge in [0.25, 0.3) is 0 Å². The Morgan fingerprint density at radius 2 is 2.10 bits per heavy atom. The molecular formula is C15H19N3OS. The van der Waals surface area contributed by atoms with Gasteiger partial charge in [-0.2, -0.15) is 0 Å². The highest BCUT2D eigenvalue weighted by atomic mass is 32.1. The fourth-order valence-electron chi connectivity index (χ4n) is 2.05. The topological polar surface area (TPSA) is 72.0 Å². The number of aromatic nitrogens is 1. The van der Waals surface area contributed by atoms with E-state index in [-0.39, 0.29) is 11.8 Å². The molecule has 20 heavy (non-hydrogen) atoms. The Morgan fingerprint density at radius 3 is 2.65 bits per heavy atom. The van der Waals surface area contributed by atoms with Crippen molar-refractivity contribution in [1.29, 1.82) is 5.41 Å². The molecule has 0 atom stereocenters. The van der Waals surface area contributed by atoms with Gasteiger partial charge in [0.1, 0.15) is 11.6 Å². The quantitative estimate of drug-likeness (QED) is 0.656. The van der Waals surface area contributed by atoms with Gasteiger partial charge in [-0.15, -0.1) is 11.3 Å². The number of ether oxygens (including phenoxy) is 1. The molecule has 0 saturated heterocycles. The van der Waals surface area contributed by atoms with Crippen molar-refractivity contribution in [3.8, 4) is 5.75 Å². The molecule has 0 radical (unpaired) electrons. The molecule has 1 heterocycles. The van der Waals surface area contributed by atoms with E-state index >= 15 is 0 Å². The first kappa shape index (κ1) is 14.5. The molecule has 2 aromatic rings. The van der Waals surface area contributed by atoms with Gasteiger partial charge in [0.15, 0.2) is 0 Å². The second-order valence-corrected chi connectivity index (χ2v) is 5.96. The summed E-state index contributed by atoms with van der Waals surface area (Å²) in [5.74, 6) is 1.22. The maximum atomic E-state index is 7.66. The van der Waals surface area contributed by atoms with Crippen molar-refractivity contribution in [1.82, 2.24) is 4.98 Å². The summed E-state index contributed by atoms with van der Waals surface area (Å²) >= 11 is 1.49. The van der Waals surface area contributed by atoms with Crippen molar-refractivity contribution < 1.29 is 4.74 Å². The van der Waals surface area contributed by atoms with Crippen LogP contribution in [0.5, 0.6) is 5.75 Å². The number of nitrogens with zero attached hydrogens (tertiary/aromatic N) is 1. The summed E-state index contributed by atoms with van der Waals surface area (Å²) in [5.41, 5.74) is 7.65. The van der Waals surface area contributed by atoms with Crippen LogP contribution in [0, 0.1) is 5.41 Å². The Balaban J connectivity index is 2.35. The van der Waals surface area contributed by atoms with Crippen molar-refractivity contribution in [2.24, 2.45) is 5.73 Å². The number of nitrogen functional groups attached to an aromatic ring is 1. The number of rotatable bonds is 5. The Bertz CT molecular complexity index is 619. The molecule has 2 rings (SSSR count). The van der Waals surface area contributed by atoms with Crippen LogP contribution < -0.4 is 10.5 Å². The van der Waals surface area contributed by atoms with Crippen LogP contribution in [0.4, 0.5) is 0 Å². The van der Waals surface area contributed by atoms with Crippen LogP contribution in [0.3, 0.4) is 0 Å². The molecule has 0 unspecified atom stereocenters. The minimum atomic E-state index is 0.0949. The van der Waals surface area contributed by atoms with Crippen LogP contribution in [-0.2, 0) is 6.42 Å². The van der Waals surface area contributed by atoms with Gasteiger partial charge in [0.05, 0.1) is 22.7 Å². The molecule has 0 bridgehead atoms. The summed E-state index contributed by atoms with van der Waals surface area (Å²) in [4.78, 5) is 5.43. The van der Waals surface area contributed by atoms with Crippen molar-refractivity contribution in [3.63, 3.8) is 0 Å². The monoisotopic (exact) mass is 289 g/mol. The van der Waals surface area contributed by atoms with Crippen LogP contribution in [-0.4, -0.2) is 17.9 Å². The third-order valence-electron chi connectivity index (χ3n) is 3.02. The molecule has 0 spiro atoms.